The molecular weight excluding hydrogens is 467 g/mol. The van der Waals surface area contributed by atoms with Gasteiger partial charge in [0.25, 0.3) is 0 Å². The number of sulfonamides is 1. The molecule has 1 fully saturated rings. The van der Waals surface area contributed by atoms with Crippen molar-refractivity contribution in [3.8, 4) is 11.3 Å². The van der Waals surface area contributed by atoms with E-state index in [1.807, 2.05) is 0 Å². The van der Waals surface area contributed by atoms with E-state index in [2.05, 4.69) is 20.5 Å². The van der Waals surface area contributed by atoms with E-state index >= 15 is 0 Å². The molecule has 2 aromatic heterocycles. The highest BCUT2D eigenvalue weighted by atomic mass is 32.2. The quantitative estimate of drug-likeness (QED) is 0.435. The first kappa shape index (κ1) is 22.6. The molecule has 0 radical (unpaired) electrons. The van der Waals surface area contributed by atoms with Crippen molar-refractivity contribution in [1.82, 2.24) is 19.5 Å². The Labute approximate surface area is 194 Å². The normalized spacial score (nSPS) is 15.9. The second kappa shape index (κ2) is 8.55. The molecule has 0 saturated carbocycles. The lowest BCUT2D eigenvalue weighted by atomic mass is 10.00. The van der Waals surface area contributed by atoms with Crippen molar-refractivity contribution in [2.45, 2.75) is 25.6 Å². The van der Waals surface area contributed by atoms with Crippen LogP contribution in [0.15, 0.2) is 36.4 Å². The molecule has 1 saturated heterocycles. The topological polar surface area (TPSA) is 91.0 Å². The third-order valence-electron chi connectivity index (χ3n) is 6.19. The van der Waals surface area contributed by atoms with Crippen LogP contribution in [0.5, 0.6) is 0 Å². The molecule has 0 aliphatic carbocycles. The molecule has 0 bridgehead atoms. The molecule has 34 heavy (non-hydrogen) atoms. The fourth-order valence-corrected chi connectivity index (χ4v) is 5.31. The largest absolute Gasteiger partial charge is 0.364 e. The molecule has 4 aromatic rings. The second-order valence-electron chi connectivity index (χ2n) is 8.45. The zero-order valence-electron chi connectivity index (χ0n) is 18.3. The molecule has 2 aromatic carbocycles. The van der Waals surface area contributed by atoms with Crippen molar-refractivity contribution in [2.75, 3.05) is 24.7 Å². The Morgan fingerprint density at radius 2 is 1.82 bits per heavy atom. The number of fused-ring (bicyclic) bond motifs is 3. The standard InChI is InChI=1S/C23H22F3N5O2S/c1-34(32,33)31-9-7-14(8-10-31)27-23-22-21(29-30-23)15-6-5-13(12-24)11-16(15)20(28-22)19-17(25)3-2-4-18(19)26/h2-6,11,14H,7-10,12H2,1H3,(H2,27,29,30). The zero-order chi connectivity index (χ0) is 24.0. The number of nitrogens with one attached hydrogen (secondary N) is 2. The van der Waals surface area contributed by atoms with Crippen molar-refractivity contribution in [1.29, 1.82) is 0 Å². The third-order valence-corrected chi connectivity index (χ3v) is 7.49. The molecule has 3 heterocycles. The highest BCUT2D eigenvalue weighted by Crippen LogP contribution is 2.37. The number of piperidine rings is 1. The maximum atomic E-state index is 14.7. The summed E-state index contributed by atoms with van der Waals surface area (Å²) < 4.78 is 67.8. The van der Waals surface area contributed by atoms with E-state index in [0.29, 0.717) is 59.1 Å². The van der Waals surface area contributed by atoms with Crippen molar-refractivity contribution in [2.24, 2.45) is 0 Å². The highest BCUT2D eigenvalue weighted by Gasteiger charge is 2.26. The number of anilines is 1. The summed E-state index contributed by atoms with van der Waals surface area (Å²) in [6, 6.07) is 8.36. The van der Waals surface area contributed by atoms with Gasteiger partial charge in [-0.3, -0.25) is 5.10 Å². The predicted molar refractivity (Wildman–Crippen MR) is 125 cm³/mol. The number of hydrogen-bond acceptors (Lipinski definition) is 5. The number of H-pyrrole nitrogens is 1. The SMILES string of the molecule is CS(=O)(=O)N1CCC(Nc2n[nH]c3c2nc(-c2c(F)cccc2F)c2cc(CF)ccc23)CC1. The number of pyridine rings is 1. The van der Waals surface area contributed by atoms with Crippen LogP contribution in [0.1, 0.15) is 18.4 Å². The molecule has 0 atom stereocenters. The summed E-state index contributed by atoms with van der Waals surface area (Å²) in [5.74, 6) is -1.14. The molecule has 5 rings (SSSR count). The lowest BCUT2D eigenvalue weighted by molar-refractivity contribution is 0.331. The van der Waals surface area contributed by atoms with Gasteiger partial charge >= 0.3 is 0 Å². The van der Waals surface area contributed by atoms with Gasteiger partial charge in [0.2, 0.25) is 10.0 Å². The molecule has 11 heteroatoms. The fraction of sp³-hybridized carbons (Fsp3) is 0.304. The van der Waals surface area contributed by atoms with Gasteiger partial charge in [-0.25, -0.2) is 30.9 Å². The summed E-state index contributed by atoms with van der Waals surface area (Å²) in [7, 11) is -3.25. The van der Waals surface area contributed by atoms with Gasteiger partial charge in [-0.15, -0.1) is 0 Å². The van der Waals surface area contributed by atoms with Crippen LogP contribution in [0.25, 0.3) is 33.1 Å². The number of aromatic amines is 1. The summed E-state index contributed by atoms with van der Waals surface area (Å²) in [5, 5.41) is 11.6. The smallest absolute Gasteiger partial charge is 0.211 e. The number of aromatic nitrogens is 3. The van der Waals surface area contributed by atoms with E-state index in [-0.39, 0.29) is 17.3 Å². The molecule has 0 amide bonds. The third kappa shape index (κ3) is 3.98. The van der Waals surface area contributed by atoms with Crippen molar-refractivity contribution < 1.29 is 21.6 Å². The summed E-state index contributed by atoms with van der Waals surface area (Å²) in [4.78, 5) is 4.59. The lowest BCUT2D eigenvalue weighted by Crippen LogP contribution is -2.41. The number of hydrogen-bond donors (Lipinski definition) is 2. The Morgan fingerprint density at radius 3 is 2.47 bits per heavy atom. The number of nitrogens with zero attached hydrogens (tertiary/aromatic N) is 3. The van der Waals surface area contributed by atoms with Crippen LogP contribution in [-0.4, -0.2) is 53.3 Å². The summed E-state index contributed by atoms with van der Waals surface area (Å²) in [6.07, 6.45) is 2.34. The summed E-state index contributed by atoms with van der Waals surface area (Å²) in [5.41, 5.74) is 1.08. The Balaban J connectivity index is 1.61. The van der Waals surface area contributed by atoms with Crippen molar-refractivity contribution in [3.05, 3.63) is 53.6 Å². The fourth-order valence-electron chi connectivity index (χ4n) is 4.43. The van der Waals surface area contributed by atoms with Crippen LogP contribution in [0.2, 0.25) is 0 Å². The second-order valence-corrected chi connectivity index (χ2v) is 10.4. The molecule has 0 spiro atoms. The molecule has 2 N–H and O–H groups in total. The van der Waals surface area contributed by atoms with E-state index in [0.717, 1.165) is 12.1 Å². The minimum atomic E-state index is -3.25. The predicted octanol–water partition coefficient (Wildman–Crippen LogP) is 4.36. The summed E-state index contributed by atoms with van der Waals surface area (Å²) in [6.45, 7) is 0.0367. The van der Waals surface area contributed by atoms with Crippen LogP contribution in [0, 0.1) is 11.6 Å². The first-order valence-corrected chi connectivity index (χ1v) is 12.6. The average Bonchev–Trinajstić information content (AvgIpc) is 3.21. The first-order valence-electron chi connectivity index (χ1n) is 10.8. The van der Waals surface area contributed by atoms with Crippen LogP contribution < -0.4 is 5.32 Å². The van der Waals surface area contributed by atoms with Crippen molar-refractivity contribution >= 4 is 37.6 Å². The van der Waals surface area contributed by atoms with E-state index in [4.69, 9.17) is 0 Å². The maximum absolute atomic E-state index is 14.7. The Bertz CT molecular complexity index is 1480. The minimum absolute atomic E-state index is 0.0513. The highest BCUT2D eigenvalue weighted by molar-refractivity contribution is 7.88. The molecule has 7 nitrogen and oxygen atoms in total. The monoisotopic (exact) mass is 489 g/mol. The van der Waals surface area contributed by atoms with Gasteiger partial charge < -0.3 is 5.32 Å². The van der Waals surface area contributed by atoms with Gasteiger partial charge in [0.1, 0.15) is 23.8 Å². The molecule has 1 aliphatic heterocycles. The molecular formula is C23H22F3N5O2S. The Hall–Kier alpha value is -3.18. The zero-order valence-corrected chi connectivity index (χ0v) is 19.1. The van der Waals surface area contributed by atoms with Crippen molar-refractivity contribution in [3.63, 3.8) is 0 Å². The molecule has 0 unspecified atom stereocenters. The van der Waals surface area contributed by atoms with E-state index in [9.17, 15) is 21.6 Å². The lowest BCUT2D eigenvalue weighted by Gasteiger charge is -2.30. The van der Waals surface area contributed by atoms with Gasteiger partial charge in [-0.2, -0.15) is 5.10 Å². The van der Waals surface area contributed by atoms with Crippen LogP contribution in [0.4, 0.5) is 19.0 Å². The first-order chi connectivity index (χ1) is 16.3. The maximum Gasteiger partial charge on any atom is 0.211 e. The van der Waals surface area contributed by atoms with Gasteiger partial charge in [-0.05, 0) is 36.6 Å². The number of halogens is 3. The van der Waals surface area contributed by atoms with E-state index in [1.165, 1.54) is 22.7 Å². The average molecular weight is 490 g/mol. The van der Waals surface area contributed by atoms with Crippen LogP contribution in [0.3, 0.4) is 0 Å². The van der Waals surface area contributed by atoms with Gasteiger partial charge in [0.05, 0.1) is 23.0 Å². The van der Waals surface area contributed by atoms with E-state index < -0.39 is 28.3 Å². The Morgan fingerprint density at radius 1 is 1.12 bits per heavy atom. The number of alkyl halides is 1. The number of benzene rings is 2. The minimum Gasteiger partial charge on any atom is -0.364 e. The molecule has 1 aliphatic rings. The van der Waals surface area contributed by atoms with Crippen LogP contribution >= 0.6 is 0 Å². The Kier molecular flexibility index (Phi) is 5.68. The van der Waals surface area contributed by atoms with Gasteiger partial charge in [0, 0.05) is 29.9 Å². The van der Waals surface area contributed by atoms with E-state index in [1.54, 1.807) is 12.1 Å². The summed E-state index contributed by atoms with van der Waals surface area (Å²) >= 11 is 0. The molecule has 178 valence electrons. The van der Waals surface area contributed by atoms with Gasteiger partial charge in [0.15, 0.2) is 5.82 Å². The van der Waals surface area contributed by atoms with Gasteiger partial charge in [-0.1, -0.05) is 18.2 Å². The number of rotatable bonds is 5. The van der Waals surface area contributed by atoms with Crippen LogP contribution in [-0.2, 0) is 16.7 Å².